The van der Waals surface area contributed by atoms with Crippen LogP contribution in [0.1, 0.15) is 45.7 Å². The Hall–Kier alpha value is -1.55. The third kappa shape index (κ3) is 5.21. The van der Waals surface area contributed by atoms with Crippen molar-refractivity contribution in [2.45, 2.75) is 46.2 Å². The molecule has 0 spiro atoms. The monoisotopic (exact) mass is 279 g/mol. The molecule has 0 aliphatic rings. The summed E-state index contributed by atoms with van der Waals surface area (Å²) in [5.74, 6) is 0.656. The van der Waals surface area contributed by atoms with E-state index in [2.05, 4.69) is 12.2 Å². The normalized spacial score (nSPS) is 13.6. The van der Waals surface area contributed by atoms with E-state index in [1.54, 1.807) is 0 Å². The average Bonchev–Trinajstić information content (AvgIpc) is 2.45. The highest BCUT2D eigenvalue weighted by Crippen LogP contribution is 2.18. The minimum absolute atomic E-state index is 0.0784. The standard InChI is InChI=1S/C16H25NO3/c1-5-11-20-15-9-7-14(8-10-15)12(3)17-13(4)16(18)19-6-2/h7-10,12-13,17H,5-6,11H2,1-4H3. The van der Waals surface area contributed by atoms with E-state index in [1.807, 2.05) is 45.0 Å². The van der Waals surface area contributed by atoms with Gasteiger partial charge in [0.25, 0.3) is 0 Å². The zero-order valence-corrected chi connectivity index (χ0v) is 12.8. The van der Waals surface area contributed by atoms with Gasteiger partial charge in [0.1, 0.15) is 11.8 Å². The van der Waals surface area contributed by atoms with Crippen molar-refractivity contribution in [3.05, 3.63) is 29.8 Å². The van der Waals surface area contributed by atoms with E-state index in [4.69, 9.17) is 9.47 Å². The summed E-state index contributed by atoms with van der Waals surface area (Å²) < 4.78 is 10.5. The summed E-state index contributed by atoms with van der Waals surface area (Å²) in [6.07, 6.45) is 0.997. The van der Waals surface area contributed by atoms with Crippen LogP contribution < -0.4 is 10.1 Å². The lowest BCUT2D eigenvalue weighted by atomic mass is 10.1. The summed E-state index contributed by atoms with van der Waals surface area (Å²) in [6, 6.07) is 7.70. The molecule has 4 nitrogen and oxygen atoms in total. The number of carbonyl (C=O) groups is 1. The molecule has 0 amide bonds. The molecule has 0 heterocycles. The second-order valence-corrected chi connectivity index (χ2v) is 4.78. The molecular weight excluding hydrogens is 254 g/mol. The van der Waals surface area contributed by atoms with Crippen molar-refractivity contribution in [3.63, 3.8) is 0 Å². The molecule has 0 bridgehead atoms. The summed E-state index contributed by atoms with van der Waals surface area (Å²) in [7, 11) is 0. The fourth-order valence-electron chi connectivity index (χ4n) is 1.88. The summed E-state index contributed by atoms with van der Waals surface area (Å²) in [6.45, 7) is 8.86. The van der Waals surface area contributed by atoms with Crippen LogP contribution in [-0.4, -0.2) is 25.2 Å². The molecule has 1 rings (SSSR count). The van der Waals surface area contributed by atoms with Crippen molar-refractivity contribution in [2.24, 2.45) is 0 Å². The first-order chi connectivity index (χ1) is 9.58. The largest absolute Gasteiger partial charge is 0.494 e. The third-order valence-electron chi connectivity index (χ3n) is 2.99. The van der Waals surface area contributed by atoms with Crippen LogP contribution in [0.25, 0.3) is 0 Å². The van der Waals surface area contributed by atoms with E-state index in [0.717, 1.165) is 24.3 Å². The molecule has 0 radical (unpaired) electrons. The minimum Gasteiger partial charge on any atom is -0.494 e. The topological polar surface area (TPSA) is 47.6 Å². The van der Waals surface area contributed by atoms with Gasteiger partial charge in [-0.25, -0.2) is 0 Å². The number of benzene rings is 1. The van der Waals surface area contributed by atoms with E-state index >= 15 is 0 Å². The molecule has 1 N–H and O–H groups in total. The fourth-order valence-corrected chi connectivity index (χ4v) is 1.88. The highest BCUT2D eigenvalue weighted by Gasteiger charge is 2.17. The molecule has 0 aliphatic carbocycles. The number of hydrogen-bond acceptors (Lipinski definition) is 4. The molecule has 2 atom stereocenters. The second kappa shape index (κ2) is 8.59. The van der Waals surface area contributed by atoms with Crippen LogP contribution in [0, 0.1) is 0 Å². The molecule has 0 saturated carbocycles. The molecule has 0 saturated heterocycles. The SMILES string of the molecule is CCCOc1ccc(C(C)NC(C)C(=O)OCC)cc1. The van der Waals surface area contributed by atoms with Gasteiger partial charge in [0.15, 0.2) is 0 Å². The second-order valence-electron chi connectivity index (χ2n) is 4.78. The molecule has 0 aliphatic heterocycles. The van der Waals surface area contributed by atoms with Crippen LogP contribution in [0.5, 0.6) is 5.75 Å². The molecule has 1 aromatic rings. The quantitative estimate of drug-likeness (QED) is 0.743. The van der Waals surface area contributed by atoms with Gasteiger partial charge in [-0.2, -0.15) is 0 Å². The molecule has 112 valence electrons. The van der Waals surface area contributed by atoms with Gasteiger partial charge in [0, 0.05) is 6.04 Å². The minimum atomic E-state index is -0.319. The molecule has 0 fully saturated rings. The van der Waals surface area contributed by atoms with Gasteiger partial charge in [-0.1, -0.05) is 19.1 Å². The van der Waals surface area contributed by atoms with Crippen LogP contribution in [0.15, 0.2) is 24.3 Å². The van der Waals surface area contributed by atoms with Crippen LogP contribution in [0.2, 0.25) is 0 Å². The maximum atomic E-state index is 11.6. The lowest BCUT2D eigenvalue weighted by molar-refractivity contribution is -0.145. The Labute approximate surface area is 121 Å². The predicted octanol–water partition coefficient (Wildman–Crippen LogP) is 3.08. The Morgan fingerprint density at radius 1 is 1.20 bits per heavy atom. The first-order valence-corrected chi connectivity index (χ1v) is 7.23. The molecule has 0 aromatic heterocycles. The summed E-state index contributed by atoms with van der Waals surface area (Å²) >= 11 is 0. The van der Waals surface area contributed by atoms with Gasteiger partial charge in [-0.15, -0.1) is 0 Å². The van der Waals surface area contributed by atoms with E-state index in [-0.39, 0.29) is 18.1 Å². The van der Waals surface area contributed by atoms with Crippen LogP contribution >= 0.6 is 0 Å². The Kier molecular flexibility index (Phi) is 7.09. The van der Waals surface area contributed by atoms with Gasteiger partial charge in [-0.05, 0) is 44.9 Å². The van der Waals surface area contributed by atoms with Crippen molar-refractivity contribution in [2.75, 3.05) is 13.2 Å². The van der Waals surface area contributed by atoms with Crippen LogP contribution in [-0.2, 0) is 9.53 Å². The summed E-state index contributed by atoms with van der Waals surface area (Å²) in [5, 5.41) is 3.23. The predicted molar refractivity (Wildman–Crippen MR) is 79.9 cm³/mol. The van der Waals surface area contributed by atoms with E-state index < -0.39 is 0 Å². The zero-order valence-electron chi connectivity index (χ0n) is 12.8. The molecule has 1 aromatic carbocycles. The maximum absolute atomic E-state index is 11.6. The molecule has 2 unspecified atom stereocenters. The zero-order chi connectivity index (χ0) is 15.0. The Morgan fingerprint density at radius 3 is 2.40 bits per heavy atom. The third-order valence-corrected chi connectivity index (χ3v) is 2.99. The highest BCUT2D eigenvalue weighted by molar-refractivity contribution is 5.75. The molecule has 4 heteroatoms. The van der Waals surface area contributed by atoms with Crippen molar-refractivity contribution in [3.8, 4) is 5.75 Å². The summed E-state index contributed by atoms with van der Waals surface area (Å²) in [4.78, 5) is 11.6. The number of esters is 1. The summed E-state index contributed by atoms with van der Waals surface area (Å²) in [5.41, 5.74) is 1.12. The van der Waals surface area contributed by atoms with Crippen molar-refractivity contribution < 1.29 is 14.3 Å². The van der Waals surface area contributed by atoms with E-state index in [1.165, 1.54) is 0 Å². The van der Waals surface area contributed by atoms with Crippen LogP contribution in [0.3, 0.4) is 0 Å². The maximum Gasteiger partial charge on any atom is 0.322 e. The number of ether oxygens (including phenoxy) is 2. The van der Waals surface area contributed by atoms with Gasteiger partial charge in [-0.3, -0.25) is 10.1 Å². The molecular formula is C16H25NO3. The Balaban J connectivity index is 2.54. The number of carbonyl (C=O) groups excluding carboxylic acids is 1. The van der Waals surface area contributed by atoms with E-state index in [0.29, 0.717) is 6.61 Å². The first-order valence-electron chi connectivity index (χ1n) is 7.23. The van der Waals surface area contributed by atoms with Crippen LogP contribution in [0.4, 0.5) is 0 Å². The average molecular weight is 279 g/mol. The van der Waals surface area contributed by atoms with Gasteiger partial charge in [0.05, 0.1) is 13.2 Å². The van der Waals surface area contributed by atoms with Crippen molar-refractivity contribution >= 4 is 5.97 Å². The number of hydrogen-bond donors (Lipinski definition) is 1. The van der Waals surface area contributed by atoms with Crippen molar-refractivity contribution in [1.82, 2.24) is 5.32 Å². The first kappa shape index (κ1) is 16.5. The van der Waals surface area contributed by atoms with Crippen molar-refractivity contribution in [1.29, 1.82) is 0 Å². The number of nitrogens with one attached hydrogen (secondary N) is 1. The Morgan fingerprint density at radius 2 is 1.85 bits per heavy atom. The lowest BCUT2D eigenvalue weighted by Crippen LogP contribution is -2.37. The van der Waals surface area contributed by atoms with Gasteiger partial charge < -0.3 is 9.47 Å². The smallest absolute Gasteiger partial charge is 0.322 e. The molecule has 20 heavy (non-hydrogen) atoms. The fraction of sp³-hybridized carbons (Fsp3) is 0.562. The van der Waals surface area contributed by atoms with Gasteiger partial charge in [0.2, 0.25) is 0 Å². The highest BCUT2D eigenvalue weighted by atomic mass is 16.5. The Bertz CT molecular complexity index is 403. The van der Waals surface area contributed by atoms with Gasteiger partial charge >= 0.3 is 5.97 Å². The van der Waals surface area contributed by atoms with E-state index in [9.17, 15) is 4.79 Å². The number of rotatable bonds is 8. The lowest BCUT2D eigenvalue weighted by Gasteiger charge is -2.19.